The van der Waals surface area contributed by atoms with Crippen LogP contribution < -0.4 is 4.90 Å². The van der Waals surface area contributed by atoms with E-state index in [2.05, 4.69) is 57.0 Å². The topological polar surface area (TPSA) is 6.48 Å². The molecule has 1 aliphatic carbocycles. The summed E-state index contributed by atoms with van der Waals surface area (Å²) in [5, 5.41) is 1.39. The molecule has 2 aromatic carbocycles. The molecule has 2 aromatic rings. The number of nitrogens with zero attached hydrogens (tertiary/aromatic N) is 2. The van der Waals surface area contributed by atoms with Crippen LogP contribution in [0.25, 0.3) is 0 Å². The first-order valence-electron chi connectivity index (χ1n) is 8.66. The van der Waals surface area contributed by atoms with Crippen LogP contribution in [0.3, 0.4) is 0 Å². The minimum absolute atomic E-state index is 0.183. The van der Waals surface area contributed by atoms with Gasteiger partial charge >= 0.3 is 0 Å². The van der Waals surface area contributed by atoms with Crippen LogP contribution in [-0.2, 0) is 0 Å². The van der Waals surface area contributed by atoms with Crippen LogP contribution in [0.15, 0.2) is 46.9 Å². The van der Waals surface area contributed by atoms with Crippen LogP contribution in [0.2, 0.25) is 10.0 Å². The summed E-state index contributed by atoms with van der Waals surface area (Å²) in [6.45, 7) is 1.92. The van der Waals surface area contributed by atoms with Crippen LogP contribution in [0, 0.1) is 0 Å². The van der Waals surface area contributed by atoms with Gasteiger partial charge in [0.2, 0.25) is 0 Å². The predicted octanol–water partition coefficient (Wildman–Crippen LogP) is 6.17. The largest absolute Gasteiger partial charge is 0.357 e. The molecular weight excluding hydrogens is 419 g/mol. The van der Waals surface area contributed by atoms with Gasteiger partial charge in [-0.2, -0.15) is 0 Å². The highest BCUT2D eigenvalue weighted by Crippen LogP contribution is 2.50. The zero-order chi connectivity index (χ0) is 17.6. The van der Waals surface area contributed by atoms with Crippen molar-refractivity contribution in [1.82, 2.24) is 4.90 Å². The Kier molecular flexibility index (Phi) is 4.78. The lowest BCUT2D eigenvalue weighted by atomic mass is 9.81. The molecule has 1 aliphatic heterocycles. The summed E-state index contributed by atoms with van der Waals surface area (Å²) >= 11 is 16.0. The van der Waals surface area contributed by atoms with E-state index in [0.29, 0.717) is 16.0 Å². The molecule has 132 valence electrons. The Morgan fingerprint density at radius 3 is 2.44 bits per heavy atom. The fourth-order valence-electron chi connectivity index (χ4n) is 4.67. The van der Waals surface area contributed by atoms with Gasteiger partial charge in [-0.15, -0.1) is 0 Å². The molecule has 0 aromatic heterocycles. The molecule has 1 spiro atoms. The van der Waals surface area contributed by atoms with Crippen molar-refractivity contribution < 1.29 is 0 Å². The van der Waals surface area contributed by atoms with Crippen molar-refractivity contribution >= 4 is 44.8 Å². The molecular formula is C20H21BrCl2N2. The van der Waals surface area contributed by atoms with Gasteiger partial charge in [-0.25, -0.2) is 0 Å². The van der Waals surface area contributed by atoms with Crippen molar-refractivity contribution in [1.29, 1.82) is 0 Å². The fraction of sp³-hybridized carbons (Fsp3) is 0.400. The van der Waals surface area contributed by atoms with Crippen molar-refractivity contribution in [3.8, 4) is 0 Å². The molecule has 0 amide bonds. The van der Waals surface area contributed by atoms with E-state index in [1.807, 2.05) is 12.1 Å². The molecule has 2 unspecified atom stereocenters. The van der Waals surface area contributed by atoms with Crippen molar-refractivity contribution in [3.63, 3.8) is 0 Å². The van der Waals surface area contributed by atoms with Gasteiger partial charge in [-0.1, -0.05) is 57.7 Å². The number of anilines is 1. The van der Waals surface area contributed by atoms with Crippen LogP contribution in [0.1, 0.15) is 30.7 Å². The number of rotatable bonds is 2. The minimum Gasteiger partial charge on any atom is -0.357 e. The fourth-order valence-corrected chi connectivity index (χ4v) is 5.45. The van der Waals surface area contributed by atoms with E-state index in [1.54, 1.807) is 6.07 Å². The Morgan fingerprint density at radius 1 is 1.08 bits per heavy atom. The zero-order valence-corrected chi connectivity index (χ0v) is 17.3. The number of likely N-dealkylation sites (N-methyl/N-ethyl adjacent to an activating group) is 1. The highest BCUT2D eigenvalue weighted by molar-refractivity contribution is 9.10. The molecule has 5 heteroatoms. The molecule has 2 atom stereocenters. The van der Waals surface area contributed by atoms with Gasteiger partial charge in [-0.3, -0.25) is 4.90 Å². The normalized spacial score (nSPS) is 26.7. The SMILES string of the molecule is CN1CN(c2cc(Cl)cc(Cl)c2)CC12CCCC2c1ccc(Br)cc1. The molecule has 1 saturated heterocycles. The van der Waals surface area contributed by atoms with Crippen LogP contribution >= 0.6 is 39.1 Å². The molecule has 25 heavy (non-hydrogen) atoms. The van der Waals surface area contributed by atoms with Crippen LogP contribution in [0.5, 0.6) is 0 Å². The summed E-state index contributed by atoms with van der Waals surface area (Å²) in [5.41, 5.74) is 2.74. The summed E-state index contributed by atoms with van der Waals surface area (Å²) in [7, 11) is 2.25. The van der Waals surface area contributed by atoms with E-state index >= 15 is 0 Å². The standard InChI is InChI=1S/C20H21BrCl2N2/c1-24-13-25(18-10-16(22)9-17(23)11-18)12-20(24)8-2-3-19(20)14-4-6-15(21)7-5-14/h4-7,9-11,19H,2-3,8,12-13H2,1H3. The number of halogens is 3. The summed E-state index contributed by atoms with van der Waals surface area (Å²) in [5.74, 6) is 0.560. The van der Waals surface area contributed by atoms with Crippen molar-refractivity contribution in [2.24, 2.45) is 0 Å². The lowest BCUT2D eigenvalue weighted by Gasteiger charge is -2.37. The maximum atomic E-state index is 6.23. The number of hydrogen-bond donors (Lipinski definition) is 0. The second-order valence-electron chi connectivity index (χ2n) is 7.26. The van der Waals surface area contributed by atoms with E-state index in [9.17, 15) is 0 Å². The molecule has 2 aliphatic rings. The molecule has 2 fully saturated rings. The average Bonchev–Trinajstić information content (AvgIpc) is 3.13. The Balaban J connectivity index is 1.66. The van der Waals surface area contributed by atoms with Gasteiger partial charge in [0, 0.05) is 38.2 Å². The maximum Gasteiger partial charge on any atom is 0.0710 e. The van der Waals surface area contributed by atoms with E-state index in [-0.39, 0.29) is 5.54 Å². The smallest absolute Gasteiger partial charge is 0.0710 e. The third kappa shape index (κ3) is 3.21. The monoisotopic (exact) mass is 438 g/mol. The molecule has 2 nitrogen and oxygen atoms in total. The first-order valence-corrected chi connectivity index (χ1v) is 10.2. The van der Waals surface area contributed by atoms with Gasteiger partial charge in [0.25, 0.3) is 0 Å². The molecule has 0 radical (unpaired) electrons. The van der Waals surface area contributed by atoms with Gasteiger partial charge in [0.15, 0.2) is 0 Å². The Bertz CT molecular complexity index is 760. The molecule has 1 saturated carbocycles. The Labute approximate surface area is 167 Å². The molecule has 0 bridgehead atoms. The highest BCUT2D eigenvalue weighted by atomic mass is 79.9. The number of hydrogen-bond acceptors (Lipinski definition) is 2. The summed E-state index contributed by atoms with van der Waals surface area (Å²) < 4.78 is 1.14. The third-order valence-electron chi connectivity index (χ3n) is 5.84. The lowest BCUT2D eigenvalue weighted by Crippen LogP contribution is -2.45. The van der Waals surface area contributed by atoms with Crippen LogP contribution in [-0.4, -0.2) is 30.7 Å². The second kappa shape index (κ2) is 6.77. The van der Waals surface area contributed by atoms with E-state index in [0.717, 1.165) is 23.4 Å². The lowest BCUT2D eigenvalue weighted by molar-refractivity contribution is 0.170. The first-order chi connectivity index (χ1) is 12.0. The van der Waals surface area contributed by atoms with Gasteiger partial charge in [0.1, 0.15) is 0 Å². The second-order valence-corrected chi connectivity index (χ2v) is 9.05. The van der Waals surface area contributed by atoms with Gasteiger partial charge in [-0.05, 0) is 55.8 Å². The highest BCUT2D eigenvalue weighted by Gasteiger charge is 2.51. The zero-order valence-electron chi connectivity index (χ0n) is 14.2. The molecule has 1 heterocycles. The quantitative estimate of drug-likeness (QED) is 0.551. The van der Waals surface area contributed by atoms with Gasteiger partial charge in [0.05, 0.1) is 6.67 Å². The average molecular weight is 440 g/mol. The van der Waals surface area contributed by atoms with E-state index in [4.69, 9.17) is 23.2 Å². The van der Waals surface area contributed by atoms with Crippen LogP contribution in [0.4, 0.5) is 5.69 Å². The van der Waals surface area contributed by atoms with E-state index in [1.165, 1.54) is 24.8 Å². The first kappa shape index (κ1) is 17.7. The predicted molar refractivity (Wildman–Crippen MR) is 110 cm³/mol. The van der Waals surface area contributed by atoms with Crippen molar-refractivity contribution in [2.75, 3.05) is 25.2 Å². The minimum atomic E-state index is 0.183. The summed E-state index contributed by atoms with van der Waals surface area (Å²) in [6, 6.07) is 14.7. The van der Waals surface area contributed by atoms with Crippen molar-refractivity contribution in [2.45, 2.75) is 30.7 Å². The number of benzene rings is 2. The van der Waals surface area contributed by atoms with E-state index < -0.39 is 0 Å². The Morgan fingerprint density at radius 2 is 1.76 bits per heavy atom. The summed E-state index contributed by atoms with van der Waals surface area (Å²) in [6.07, 6.45) is 3.75. The Hall–Kier alpha value is -0.740. The third-order valence-corrected chi connectivity index (χ3v) is 6.81. The van der Waals surface area contributed by atoms with Gasteiger partial charge < -0.3 is 4.90 Å². The summed E-state index contributed by atoms with van der Waals surface area (Å²) in [4.78, 5) is 4.94. The van der Waals surface area contributed by atoms with Crippen molar-refractivity contribution in [3.05, 3.63) is 62.5 Å². The molecule has 0 N–H and O–H groups in total. The molecule has 4 rings (SSSR count). The maximum absolute atomic E-state index is 6.23.